The second-order valence-electron chi connectivity index (χ2n) is 7.86. The van der Waals surface area contributed by atoms with Crippen molar-refractivity contribution in [2.45, 2.75) is 136 Å². The second kappa shape index (κ2) is 16.1. The minimum absolute atomic E-state index is 0.697. The van der Waals surface area contributed by atoms with Crippen molar-refractivity contribution in [3.05, 3.63) is 0 Å². The van der Waals surface area contributed by atoms with E-state index in [1.165, 1.54) is 25.7 Å². The van der Waals surface area contributed by atoms with Crippen LogP contribution in [0.2, 0.25) is 0 Å². The highest BCUT2D eigenvalue weighted by Gasteiger charge is 2.31. The first-order chi connectivity index (χ1) is 12.4. The van der Waals surface area contributed by atoms with Crippen LogP contribution in [0.15, 0.2) is 0 Å². The summed E-state index contributed by atoms with van der Waals surface area (Å²) in [5.41, 5.74) is -0.759. The normalized spacial score (nSPS) is 12.7. The Morgan fingerprint density at radius 1 is 0.615 bits per heavy atom. The van der Waals surface area contributed by atoms with Crippen LogP contribution in [-0.2, 0) is 9.09 Å². The lowest BCUT2D eigenvalue weighted by molar-refractivity contribution is -0.350. The van der Waals surface area contributed by atoms with Crippen LogP contribution in [0.4, 0.5) is 0 Å². The average Bonchev–Trinajstić information content (AvgIpc) is 2.57. The Labute approximate surface area is 162 Å². The zero-order valence-electron chi connectivity index (χ0n) is 17.6. The molecule has 0 bridgehead atoms. The third-order valence-electron chi connectivity index (χ3n) is 5.26. The molecule has 0 saturated heterocycles. The van der Waals surface area contributed by atoms with Gasteiger partial charge in [0.1, 0.15) is 0 Å². The van der Waals surface area contributed by atoms with E-state index >= 15 is 0 Å². The van der Waals surface area contributed by atoms with E-state index in [4.69, 9.17) is 4.52 Å². The molecule has 26 heavy (non-hydrogen) atoms. The molecule has 0 unspecified atom stereocenters. The van der Waals surface area contributed by atoms with E-state index < -0.39 is 13.4 Å². The molecule has 0 aliphatic carbocycles. The fraction of sp³-hybridized carbons (Fsp3) is 1.00. The Balaban J connectivity index is 4.76. The number of hydrogen-bond acceptors (Lipinski definition) is 4. The maximum atomic E-state index is 11.4. The van der Waals surface area contributed by atoms with E-state index in [1.54, 1.807) is 0 Å². The molecular weight excluding hydrogens is 347 g/mol. The van der Waals surface area contributed by atoms with Crippen molar-refractivity contribution in [1.29, 1.82) is 0 Å². The fourth-order valence-electron chi connectivity index (χ4n) is 3.72. The lowest BCUT2D eigenvalue weighted by Gasteiger charge is -2.43. The molecule has 0 saturated carbocycles. The Morgan fingerprint density at radius 2 is 0.923 bits per heavy atom. The van der Waals surface area contributed by atoms with E-state index in [0.717, 1.165) is 64.2 Å². The van der Waals surface area contributed by atoms with E-state index in [0.29, 0.717) is 19.3 Å². The lowest BCUT2D eigenvalue weighted by Crippen LogP contribution is -2.36. The predicted molar refractivity (Wildman–Crippen MR) is 107 cm³/mol. The molecule has 0 aliphatic heterocycles. The van der Waals surface area contributed by atoms with Gasteiger partial charge in [0.25, 0.3) is 0 Å². The summed E-state index contributed by atoms with van der Waals surface area (Å²) in [6.07, 6.45) is 17.7. The van der Waals surface area contributed by atoms with Crippen molar-refractivity contribution in [3.63, 3.8) is 0 Å². The Hall–Kier alpha value is 0.110. The van der Waals surface area contributed by atoms with Crippen molar-refractivity contribution >= 4 is 7.82 Å². The summed E-state index contributed by atoms with van der Waals surface area (Å²) >= 11 is 0. The van der Waals surface area contributed by atoms with E-state index in [1.807, 2.05) is 0 Å². The van der Waals surface area contributed by atoms with Crippen LogP contribution in [-0.4, -0.2) is 5.60 Å². The van der Waals surface area contributed by atoms with Crippen LogP contribution >= 0.6 is 7.82 Å². The van der Waals surface area contributed by atoms with Gasteiger partial charge < -0.3 is 18.9 Å². The van der Waals surface area contributed by atoms with Gasteiger partial charge in [-0.3, -0.25) is 0 Å². The molecule has 0 aliphatic rings. The van der Waals surface area contributed by atoms with Crippen LogP contribution in [0.5, 0.6) is 0 Å². The molecule has 0 aromatic carbocycles. The number of phosphoric acid groups is 1. The number of phosphoric ester groups is 1. The molecule has 4 nitrogen and oxygen atoms in total. The van der Waals surface area contributed by atoms with Gasteiger partial charge in [0, 0.05) is 0 Å². The van der Waals surface area contributed by atoms with E-state index in [9.17, 15) is 14.4 Å². The summed E-state index contributed by atoms with van der Waals surface area (Å²) < 4.78 is 16.7. The molecule has 0 aromatic rings. The molecule has 0 radical (unpaired) electrons. The van der Waals surface area contributed by atoms with Gasteiger partial charge >= 0.3 is 0 Å². The van der Waals surface area contributed by atoms with Gasteiger partial charge in [-0.25, -0.2) is 0 Å². The van der Waals surface area contributed by atoms with Crippen LogP contribution < -0.4 is 9.79 Å². The standard InChI is InChI=1S/C21H45O4P/c1-4-7-10-13-14-17-20-21(25-26(22,23)24,18-15-11-8-5-2)19-16-12-9-6-3/h4-20H2,1-3H3,(H2,22,23,24)/p-2. The van der Waals surface area contributed by atoms with Crippen molar-refractivity contribution < 1.29 is 18.9 Å². The molecule has 0 rings (SSSR count). The van der Waals surface area contributed by atoms with Gasteiger partial charge in [-0.05, 0) is 19.3 Å². The summed E-state index contributed by atoms with van der Waals surface area (Å²) in [6, 6.07) is 0. The molecule has 0 N–H and O–H groups in total. The van der Waals surface area contributed by atoms with Crippen LogP contribution in [0, 0.1) is 0 Å². The molecule has 0 amide bonds. The van der Waals surface area contributed by atoms with Crippen LogP contribution in [0.3, 0.4) is 0 Å². The molecule has 158 valence electrons. The third kappa shape index (κ3) is 15.2. The van der Waals surface area contributed by atoms with Gasteiger partial charge in [0.05, 0.1) is 13.4 Å². The smallest absolute Gasteiger partial charge is 0.0734 e. The average molecular weight is 391 g/mol. The van der Waals surface area contributed by atoms with Crippen molar-refractivity contribution in [3.8, 4) is 0 Å². The van der Waals surface area contributed by atoms with Crippen molar-refractivity contribution in [2.24, 2.45) is 0 Å². The summed E-state index contributed by atoms with van der Waals surface area (Å²) in [6.45, 7) is 6.52. The number of unbranched alkanes of at least 4 members (excludes halogenated alkanes) is 11. The van der Waals surface area contributed by atoms with Gasteiger partial charge in [-0.2, -0.15) is 0 Å². The summed E-state index contributed by atoms with van der Waals surface area (Å²) in [7, 11) is -4.96. The zero-order chi connectivity index (χ0) is 19.7. The number of hydrogen-bond donors (Lipinski definition) is 0. The minimum Gasteiger partial charge on any atom is -0.790 e. The maximum absolute atomic E-state index is 11.4. The van der Waals surface area contributed by atoms with Crippen LogP contribution in [0.1, 0.15) is 130 Å². The zero-order valence-corrected chi connectivity index (χ0v) is 18.5. The molecule has 0 atom stereocenters. The second-order valence-corrected chi connectivity index (χ2v) is 8.94. The highest BCUT2D eigenvalue weighted by molar-refractivity contribution is 7.43. The molecule has 0 heterocycles. The summed E-state index contributed by atoms with van der Waals surface area (Å²) in [5, 5.41) is 0. The van der Waals surface area contributed by atoms with E-state index in [-0.39, 0.29) is 0 Å². The SMILES string of the molecule is CCCCCCCCC(CCCCCC)(CCCCCC)OP(=O)([O-])[O-]. The van der Waals surface area contributed by atoms with Gasteiger partial charge in [0.15, 0.2) is 0 Å². The Morgan fingerprint density at radius 3 is 1.27 bits per heavy atom. The van der Waals surface area contributed by atoms with Gasteiger partial charge in [-0.15, -0.1) is 0 Å². The topological polar surface area (TPSA) is 72.4 Å². The minimum atomic E-state index is -4.96. The highest BCUT2D eigenvalue weighted by Crippen LogP contribution is 2.42. The fourth-order valence-corrected chi connectivity index (χ4v) is 4.47. The molecule has 5 heteroatoms. The Kier molecular flexibility index (Phi) is 16.2. The van der Waals surface area contributed by atoms with Gasteiger partial charge in [0.2, 0.25) is 0 Å². The predicted octanol–water partition coefficient (Wildman–Crippen LogP) is 6.26. The third-order valence-corrected chi connectivity index (χ3v) is 5.87. The largest absolute Gasteiger partial charge is 0.790 e. The molecule has 0 aromatic heterocycles. The first kappa shape index (κ1) is 26.1. The first-order valence-corrected chi connectivity index (χ1v) is 12.6. The van der Waals surface area contributed by atoms with Gasteiger partial charge in [-0.1, -0.05) is 111 Å². The quantitative estimate of drug-likeness (QED) is 0.193. The lowest BCUT2D eigenvalue weighted by atomic mass is 9.85. The summed E-state index contributed by atoms with van der Waals surface area (Å²) in [4.78, 5) is 22.9. The van der Waals surface area contributed by atoms with E-state index in [2.05, 4.69) is 20.8 Å². The molecular formula is C21H43O4P-2. The monoisotopic (exact) mass is 390 g/mol. The van der Waals surface area contributed by atoms with Crippen molar-refractivity contribution in [2.75, 3.05) is 0 Å². The molecule has 0 spiro atoms. The van der Waals surface area contributed by atoms with Crippen LogP contribution in [0.25, 0.3) is 0 Å². The summed E-state index contributed by atoms with van der Waals surface area (Å²) in [5.74, 6) is 0. The Bertz CT molecular complexity index is 342. The highest BCUT2D eigenvalue weighted by atomic mass is 31.2. The van der Waals surface area contributed by atoms with Crippen molar-refractivity contribution in [1.82, 2.24) is 0 Å². The molecule has 0 fully saturated rings. The first-order valence-electron chi connectivity index (χ1n) is 11.1. The maximum Gasteiger partial charge on any atom is 0.0734 e. The number of rotatable bonds is 19.